The van der Waals surface area contributed by atoms with Gasteiger partial charge in [-0.25, -0.2) is 4.39 Å². The summed E-state index contributed by atoms with van der Waals surface area (Å²) in [5.74, 6) is -0.787. The maximum absolute atomic E-state index is 13.2. The normalized spacial score (nSPS) is 13.0. The summed E-state index contributed by atoms with van der Waals surface area (Å²) in [6.45, 7) is 3.26. The lowest BCUT2D eigenvalue weighted by atomic mass is 9.81. The summed E-state index contributed by atoms with van der Waals surface area (Å²) in [6, 6.07) is 1.46. The highest BCUT2D eigenvalue weighted by atomic mass is 35.5. The summed E-state index contributed by atoms with van der Waals surface area (Å²) >= 11 is 0. The summed E-state index contributed by atoms with van der Waals surface area (Å²) in [5.41, 5.74) is 10.8. The van der Waals surface area contributed by atoms with Gasteiger partial charge in [-0.3, -0.25) is 0 Å². The minimum atomic E-state index is -0.699. The van der Waals surface area contributed by atoms with Gasteiger partial charge in [-0.15, -0.1) is 12.4 Å². The van der Waals surface area contributed by atoms with Gasteiger partial charge >= 0.3 is 0 Å². The first-order valence-corrected chi connectivity index (χ1v) is 4.94. The van der Waals surface area contributed by atoms with Crippen molar-refractivity contribution in [2.45, 2.75) is 19.9 Å². The Labute approximate surface area is 106 Å². The summed E-state index contributed by atoms with van der Waals surface area (Å²) in [6.07, 6.45) is 0. The van der Waals surface area contributed by atoms with Crippen molar-refractivity contribution in [3.63, 3.8) is 0 Å². The molecule has 0 bridgehead atoms. The molecule has 0 saturated heterocycles. The second-order valence-electron chi connectivity index (χ2n) is 4.56. The number of aromatic hydroxyl groups is 1. The van der Waals surface area contributed by atoms with Crippen molar-refractivity contribution in [2.24, 2.45) is 11.1 Å². The number of phenols is 1. The lowest BCUT2D eigenvalue weighted by Crippen LogP contribution is -2.32. The third-order valence-corrected chi connectivity index (χ3v) is 2.72. The molecule has 6 heteroatoms. The number of hydrogen-bond donors (Lipinski definition) is 4. The first-order chi connectivity index (χ1) is 7.29. The first kappa shape index (κ1) is 16.0. The standard InChI is InChI=1S/C11H17FN2O2.ClH/c1-11(2,5-15)10(14)7-3-6(12)4-8(13)9(7)16;/h3-4,10,15-16H,5,13-14H2,1-2H3;1H/t10-;/m1./s1. The number of aliphatic hydroxyl groups is 1. The fraction of sp³-hybridized carbons (Fsp3) is 0.455. The Morgan fingerprint density at radius 2 is 1.94 bits per heavy atom. The second-order valence-corrected chi connectivity index (χ2v) is 4.56. The van der Waals surface area contributed by atoms with Crippen molar-refractivity contribution >= 4 is 18.1 Å². The largest absolute Gasteiger partial charge is 0.505 e. The smallest absolute Gasteiger partial charge is 0.143 e. The van der Waals surface area contributed by atoms with E-state index in [1.807, 2.05) is 0 Å². The van der Waals surface area contributed by atoms with Crippen LogP contribution in [-0.4, -0.2) is 16.8 Å². The highest BCUT2D eigenvalue weighted by molar-refractivity contribution is 5.85. The van der Waals surface area contributed by atoms with Gasteiger partial charge in [0.15, 0.2) is 0 Å². The molecule has 0 saturated carbocycles. The van der Waals surface area contributed by atoms with Gasteiger partial charge in [0, 0.05) is 29.7 Å². The minimum absolute atomic E-state index is 0. The van der Waals surface area contributed by atoms with Gasteiger partial charge in [-0.2, -0.15) is 0 Å². The van der Waals surface area contributed by atoms with E-state index in [1.54, 1.807) is 13.8 Å². The number of anilines is 1. The summed E-state index contributed by atoms with van der Waals surface area (Å²) in [4.78, 5) is 0. The Bertz CT molecular complexity index is 399. The highest BCUT2D eigenvalue weighted by Crippen LogP contribution is 2.38. The maximum Gasteiger partial charge on any atom is 0.143 e. The van der Waals surface area contributed by atoms with Crippen molar-refractivity contribution in [2.75, 3.05) is 12.3 Å². The summed E-state index contributed by atoms with van der Waals surface area (Å²) in [5, 5.41) is 18.9. The van der Waals surface area contributed by atoms with E-state index in [1.165, 1.54) is 0 Å². The molecular weight excluding hydrogens is 247 g/mol. The molecule has 0 spiro atoms. The molecule has 0 fully saturated rings. The molecule has 4 nitrogen and oxygen atoms in total. The van der Waals surface area contributed by atoms with Crippen LogP contribution in [0.2, 0.25) is 0 Å². The monoisotopic (exact) mass is 264 g/mol. The maximum atomic E-state index is 13.2. The van der Waals surface area contributed by atoms with Crippen LogP contribution in [0.3, 0.4) is 0 Å². The quantitative estimate of drug-likeness (QED) is 0.492. The third kappa shape index (κ3) is 3.21. The fourth-order valence-electron chi connectivity index (χ4n) is 1.40. The SMILES string of the molecule is CC(C)(CO)[C@H](N)c1cc(F)cc(N)c1O.Cl. The van der Waals surface area contributed by atoms with E-state index in [9.17, 15) is 9.50 Å². The summed E-state index contributed by atoms with van der Waals surface area (Å²) < 4.78 is 13.2. The molecule has 1 atom stereocenters. The molecule has 0 radical (unpaired) electrons. The number of phenolic OH excluding ortho intramolecular Hbond substituents is 1. The van der Waals surface area contributed by atoms with Gasteiger partial charge in [-0.1, -0.05) is 13.8 Å². The van der Waals surface area contributed by atoms with Gasteiger partial charge in [0.2, 0.25) is 0 Å². The average molecular weight is 265 g/mol. The minimum Gasteiger partial charge on any atom is -0.505 e. The number of hydrogen-bond acceptors (Lipinski definition) is 4. The van der Waals surface area contributed by atoms with Gasteiger partial charge in [0.05, 0.1) is 5.69 Å². The molecule has 0 amide bonds. The number of nitrogens with two attached hydrogens (primary N) is 2. The number of benzene rings is 1. The van der Waals surface area contributed by atoms with Gasteiger partial charge in [0.25, 0.3) is 0 Å². The lowest BCUT2D eigenvalue weighted by molar-refractivity contribution is 0.131. The van der Waals surface area contributed by atoms with Crippen LogP contribution >= 0.6 is 12.4 Å². The highest BCUT2D eigenvalue weighted by Gasteiger charge is 2.29. The molecule has 1 aromatic rings. The van der Waals surface area contributed by atoms with Crippen molar-refractivity contribution in [3.8, 4) is 5.75 Å². The molecule has 17 heavy (non-hydrogen) atoms. The van der Waals surface area contributed by atoms with E-state index < -0.39 is 17.3 Å². The average Bonchev–Trinajstić information content (AvgIpc) is 2.22. The van der Waals surface area contributed by atoms with Crippen LogP contribution in [0.5, 0.6) is 5.75 Å². The van der Waals surface area contributed by atoms with E-state index >= 15 is 0 Å². The number of rotatable bonds is 3. The molecule has 98 valence electrons. The van der Waals surface area contributed by atoms with Gasteiger partial charge < -0.3 is 21.7 Å². The molecule has 6 N–H and O–H groups in total. The Morgan fingerprint density at radius 1 is 1.41 bits per heavy atom. The van der Waals surface area contributed by atoms with Crippen LogP contribution in [-0.2, 0) is 0 Å². The van der Waals surface area contributed by atoms with E-state index in [4.69, 9.17) is 16.6 Å². The summed E-state index contributed by atoms with van der Waals surface area (Å²) in [7, 11) is 0. The van der Waals surface area contributed by atoms with Crippen LogP contribution in [0.25, 0.3) is 0 Å². The molecule has 0 aliphatic carbocycles. The van der Waals surface area contributed by atoms with Crippen molar-refractivity contribution in [1.29, 1.82) is 0 Å². The van der Waals surface area contributed by atoms with Crippen LogP contribution in [0, 0.1) is 11.2 Å². The predicted octanol–water partition coefficient (Wildman–Crippen LogP) is 1.55. The third-order valence-electron chi connectivity index (χ3n) is 2.72. The van der Waals surface area contributed by atoms with Gasteiger partial charge in [-0.05, 0) is 6.07 Å². The Morgan fingerprint density at radius 3 is 2.41 bits per heavy atom. The number of nitrogen functional groups attached to an aromatic ring is 1. The van der Waals surface area contributed by atoms with Crippen LogP contribution in [0.4, 0.5) is 10.1 Å². The Kier molecular flexibility index (Phi) is 5.19. The zero-order valence-corrected chi connectivity index (χ0v) is 10.6. The van der Waals surface area contributed by atoms with Crippen molar-refractivity contribution < 1.29 is 14.6 Å². The van der Waals surface area contributed by atoms with Crippen LogP contribution in [0.15, 0.2) is 12.1 Å². The molecule has 1 rings (SSSR count). The number of aliphatic hydroxyl groups excluding tert-OH is 1. The van der Waals surface area contributed by atoms with Gasteiger partial charge in [0.1, 0.15) is 11.6 Å². The fourth-order valence-corrected chi connectivity index (χ4v) is 1.40. The molecular formula is C11H18ClFN2O2. The molecule has 1 aromatic carbocycles. The predicted molar refractivity (Wildman–Crippen MR) is 67.5 cm³/mol. The van der Waals surface area contributed by atoms with Crippen molar-refractivity contribution in [1.82, 2.24) is 0 Å². The van der Waals surface area contributed by atoms with E-state index in [0.717, 1.165) is 12.1 Å². The lowest BCUT2D eigenvalue weighted by Gasteiger charge is -2.30. The molecule has 0 aliphatic rings. The zero-order chi connectivity index (χ0) is 12.5. The molecule has 0 aromatic heterocycles. The first-order valence-electron chi connectivity index (χ1n) is 4.94. The number of halogens is 2. The Balaban J connectivity index is 0.00000256. The van der Waals surface area contributed by atoms with Crippen LogP contribution in [0.1, 0.15) is 25.5 Å². The second kappa shape index (κ2) is 5.53. The topological polar surface area (TPSA) is 92.5 Å². The van der Waals surface area contributed by atoms with E-state index in [2.05, 4.69) is 0 Å². The van der Waals surface area contributed by atoms with E-state index in [-0.39, 0.29) is 36.0 Å². The molecule has 0 unspecified atom stereocenters. The van der Waals surface area contributed by atoms with E-state index in [0.29, 0.717) is 0 Å². The Hall–Kier alpha value is -1.04. The molecule has 0 heterocycles. The zero-order valence-electron chi connectivity index (χ0n) is 9.77. The van der Waals surface area contributed by atoms with Crippen molar-refractivity contribution in [3.05, 3.63) is 23.5 Å². The van der Waals surface area contributed by atoms with Crippen LogP contribution < -0.4 is 11.5 Å². The molecule has 0 aliphatic heterocycles.